The number of anilines is 1. The van der Waals surface area contributed by atoms with Gasteiger partial charge in [0.15, 0.2) is 7.00 Å². The van der Waals surface area contributed by atoms with Crippen LogP contribution in [0.4, 0.5) is 5.69 Å². The molecule has 1 atom stereocenters. The van der Waals surface area contributed by atoms with Gasteiger partial charge >= 0.3 is 0 Å². The summed E-state index contributed by atoms with van der Waals surface area (Å²) in [5.41, 5.74) is 2.64. The molecule has 1 aromatic rings. The number of benzene rings is 1. The van der Waals surface area contributed by atoms with E-state index in [-0.39, 0.29) is 0 Å². The fourth-order valence-electron chi connectivity index (χ4n) is 1.77. The van der Waals surface area contributed by atoms with Gasteiger partial charge in [0.2, 0.25) is 0 Å². The van der Waals surface area contributed by atoms with E-state index in [1.807, 2.05) is 7.00 Å². The average Bonchev–Trinajstić information content (AvgIpc) is 2.71. The summed E-state index contributed by atoms with van der Waals surface area (Å²) in [4.78, 5) is 2.45. The first-order valence-electron chi connectivity index (χ1n) is 4.80. The molecule has 0 N–H and O–H groups in total. The molecule has 1 heterocycles. The van der Waals surface area contributed by atoms with Gasteiger partial charge in [-0.15, -0.1) is 0 Å². The molecule has 67 valence electrons. The molecule has 1 fully saturated rings. The first kappa shape index (κ1) is 9.08. The third-order valence-corrected chi connectivity index (χ3v) is 2.94. The number of nitrogens with zero attached hydrogens (tertiary/aromatic N) is 1. The summed E-state index contributed by atoms with van der Waals surface area (Å²) in [6.45, 7) is 4.50. The molecule has 0 spiro atoms. The predicted octanol–water partition coefficient (Wildman–Crippen LogP) is 1.41. The first-order chi connectivity index (χ1) is 6.40. The minimum absolute atomic E-state index is 1.23. The molecule has 1 aliphatic rings. The van der Waals surface area contributed by atoms with Crippen LogP contribution in [0, 0.1) is 0 Å². The second-order valence-electron chi connectivity index (χ2n) is 3.45. The smallest absolute Gasteiger partial charge is 0.178 e. The van der Waals surface area contributed by atoms with Gasteiger partial charge in [-0.2, -0.15) is 9.12 Å². The van der Waals surface area contributed by atoms with Crippen LogP contribution in [0.2, 0.25) is 0 Å². The molecule has 1 unspecified atom stereocenters. The van der Waals surface area contributed by atoms with E-state index in [0.717, 1.165) is 0 Å². The standard InChI is InChI=1S/C10H14BNP/c13-11-9-3-5-10(6-4-9)12-7-1-2-8-12/h3-6H,1-2,7-8,13H2. The summed E-state index contributed by atoms with van der Waals surface area (Å²) in [6, 6.07) is 8.75. The number of hydrogen-bond acceptors (Lipinski definition) is 1. The van der Waals surface area contributed by atoms with Crippen LogP contribution < -0.4 is 10.4 Å². The van der Waals surface area contributed by atoms with Crippen LogP contribution in [0.15, 0.2) is 24.3 Å². The van der Waals surface area contributed by atoms with Gasteiger partial charge in [0.25, 0.3) is 0 Å². The van der Waals surface area contributed by atoms with Gasteiger partial charge < -0.3 is 4.90 Å². The first-order valence-corrected chi connectivity index (χ1v) is 5.47. The third kappa shape index (κ3) is 2.06. The van der Waals surface area contributed by atoms with Gasteiger partial charge in [-0.1, -0.05) is 17.6 Å². The Kier molecular flexibility index (Phi) is 2.90. The highest BCUT2D eigenvalue weighted by atomic mass is 31.0. The lowest BCUT2D eigenvalue weighted by Gasteiger charge is -2.17. The van der Waals surface area contributed by atoms with Crippen molar-refractivity contribution >= 4 is 27.3 Å². The zero-order valence-electron chi connectivity index (χ0n) is 7.74. The summed E-state index contributed by atoms with van der Waals surface area (Å²) >= 11 is 0. The maximum absolute atomic E-state index is 2.63. The van der Waals surface area contributed by atoms with Gasteiger partial charge in [-0.25, -0.2) is 0 Å². The van der Waals surface area contributed by atoms with Crippen LogP contribution in [-0.4, -0.2) is 20.1 Å². The van der Waals surface area contributed by atoms with Crippen LogP contribution >= 0.6 is 9.12 Å². The van der Waals surface area contributed by atoms with Gasteiger partial charge in [0.05, 0.1) is 0 Å². The van der Waals surface area contributed by atoms with Crippen LogP contribution in [0.3, 0.4) is 0 Å². The molecule has 0 aliphatic carbocycles. The molecule has 0 bridgehead atoms. The van der Waals surface area contributed by atoms with Gasteiger partial charge in [-0.05, 0) is 25.0 Å². The fourth-order valence-corrected chi connectivity index (χ4v) is 1.99. The lowest BCUT2D eigenvalue weighted by atomic mass is 9.94. The molecule has 1 aliphatic heterocycles. The Bertz CT molecular complexity index is 267. The van der Waals surface area contributed by atoms with Gasteiger partial charge in [0.1, 0.15) is 0 Å². The van der Waals surface area contributed by atoms with E-state index < -0.39 is 0 Å². The molecular weight excluding hydrogens is 176 g/mol. The van der Waals surface area contributed by atoms with Crippen molar-refractivity contribution in [2.24, 2.45) is 0 Å². The van der Waals surface area contributed by atoms with E-state index in [4.69, 9.17) is 0 Å². The van der Waals surface area contributed by atoms with Crippen molar-refractivity contribution in [1.82, 2.24) is 0 Å². The van der Waals surface area contributed by atoms with E-state index in [1.54, 1.807) is 0 Å². The second-order valence-corrected chi connectivity index (χ2v) is 3.79. The van der Waals surface area contributed by atoms with Crippen molar-refractivity contribution in [2.75, 3.05) is 18.0 Å². The normalized spacial score (nSPS) is 16.2. The van der Waals surface area contributed by atoms with E-state index in [2.05, 4.69) is 38.3 Å². The molecule has 3 heteroatoms. The van der Waals surface area contributed by atoms with Crippen molar-refractivity contribution in [3.8, 4) is 0 Å². The number of hydrogen-bond donors (Lipinski definition) is 0. The minimum atomic E-state index is 1.23. The maximum Gasteiger partial charge on any atom is 0.178 e. The van der Waals surface area contributed by atoms with Crippen molar-refractivity contribution in [3.63, 3.8) is 0 Å². The highest BCUT2D eigenvalue weighted by molar-refractivity contribution is 7.58. The quantitative estimate of drug-likeness (QED) is 0.503. The Morgan fingerprint density at radius 3 is 2.23 bits per heavy atom. The summed E-state index contributed by atoms with van der Waals surface area (Å²) in [7, 11) is 2.63. The molecule has 2 rings (SSSR count). The Balaban J connectivity index is 2.12. The lowest BCUT2D eigenvalue weighted by molar-refractivity contribution is 0.949. The topological polar surface area (TPSA) is 3.24 Å². The van der Waals surface area contributed by atoms with Crippen LogP contribution in [-0.2, 0) is 0 Å². The largest absolute Gasteiger partial charge is 0.372 e. The molecule has 0 amide bonds. The highest BCUT2D eigenvalue weighted by Crippen LogP contribution is 2.18. The summed E-state index contributed by atoms with van der Waals surface area (Å²) < 4.78 is 0. The molecule has 1 saturated heterocycles. The Morgan fingerprint density at radius 1 is 1.08 bits per heavy atom. The van der Waals surface area contributed by atoms with Crippen molar-refractivity contribution in [3.05, 3.63) is 24.3 Å². The van der Waals surface area contributed by atoms with Crippen LogP contribution in [0.25, 0.3) is 0 Å². The van der Waals surface area contributed by atoms with Gasteiger partial charge in [-0.3, -0.25) is 0 Å². The third-order valence-electron chi connectivity index (χ3n) is 2.56. The average molecular weight is 190 g/mol. The summed E-state index contributed by atoms with van der Waals surface area (Å²) in [6.07, 6.45) is 2.69. The van der Waals surface area contributed by atoms with Crippen LogP contribution in [0.1, 0.15) is 12.8 Å². The minimum Gasteiger partial charge on any atom is -0.372 e. The molecule has 1 radical (unpaired) electrons. The molecular formula is C10H14BNP. The van der Waals surface area contributed by atoms with Gasteiger partial charge in [0, 0.05) is 18.8 Å². The second kappa shape index (κ2) is 4.15. The summed E-state index contributed by atoms with van der Waals surface area (Å²) in [5, 5.41) is 0. The van der Waals surface area contributed by atoms with E-state index in [0.29, 0.717) is 0 Å². The molecule has 0 saturated carbocycles. The zero-order chi connectivity index (χ0) is 9.10. The number of rotatable bonds is 2. The van der Waals surface area contributed by atoms with E-state index in [9.17, 15) is 0 Å². The van der Waals surface area contributed by atoms with E-state index >= 15 is 0 Å². The summed E-state index contributed by atoms with van der Waals surface area (Å²) in [5.74, 6) is 0. The molecule has 1 aromatic carbocycles. The molecule has 13 heavy (non-hydrogen) atoms. The van der Waals surface area contributed by atoms with Crippen LogP contribution in [0.5, 0.6) is 0 Å². The SMILES string of the molecule is P[B]c1ccc(N2CCCC2)cc1. The Hall–Kier alpha value is -0.485. The van der Waals surface area contributed by atoms with Crippen molar-refractivity contribution in [1.29, 1.82) is 0 Å². The maximum atomic E-state index is 2.63. The van der Waals surface area contributed by atoms with Crippen molar-refractivity contribution < 1.29 is 0 Å². The highest BCUT2D eigenvalue weighted by Gasteiger charge is 2.11. The Labute approximate surface area is 82.9 Å². The monoisotopic (exact) mass is 190 g/mol. The van der Waals surface area contributed by atoms with Crippen molar-refractivity contribution in [2.45, 2.75) is 12.8 Å². The molecule has 1 nitrogen and oxygen atoms in total. The van der Waals surface area contributed by atoms with E-state index in [1.165, 1.54) is 37.1 Å². The zero-order valence-corrected chi connectivity index (χ0v) is 8.89. The lowest BCUT2D eigenvalue weighted by Crippen LogP contribution is -2.18. The predicted molar refractivity (Wildman–Crippen MR) is 63.0 cm³/mol. The fraction of sp³-hybridized carbons (Fsp3) is 0.400. The molecule has 0 aromatic heterocycles. The Morgan fingerprint density at radius 2 is 1.69 bits per heavy atom.